The summed E-state index contributed by atoms with van der Waals surface area (Å²) in [6.07, 6.45) is 1.42. The average molecular weight is 378 g/mol. The first kappa shape index (κ1) is 20.2. The second-order valence-corrected chi connectivity index (χ2v) is 8.22. The molecule has 2 rings (SSSR count). The number of sulfonamides is 1. The Balaban J connectivity index is 1.92. The fourth-order valence-electron chi connectivity index (χ4n) is 2.99. The number of amides is 2. The number of rotatable bonds is 6. The molecule has 8 heteroatoms. The zero-order valence-corrected chi connectivity index (χ0v) is 16.1. The predicted octanol–water partition coefficient (Wildman–Crippen LogP) is 2.16. The third kappa shape index (κ3) is 4.74. The van der Waals surface area contributed by atoms with E-state index in [1.165, 1.54) is 4.31 Å². The summed E-state index contributed by atoms with van der Waals surface area (Å²) < 4.78 is 26.3. The topological polar surface area (TPSA) is 93.5 Å². The standard InChI is InChI=1S/C18H26N4O3S/c1-3-22(4-2)26(24,25)17-7-5-16(6-8-17)14-20-18(23)21-11-9-15(13-19)10-12-21/h5-8,15H,3-4,9-12,14H2,1-2H3,(H,20,23). The molecule has 1 saturated heterocycles. The summed E-state index contributed by atoms with van der Waals surface area (Å²) in [5.74, 6) is 0.0411. The Morgan fingerprint density at radius 1 is 1.23 bits per heavy atom. The van der Waals surface area contributed by atoms with Gasteiger partial charge in [-0.15, -0.1) is 0 Å². The zero-order chi connectivity index (χ0) is 19.2. The Morgan fingerprint density at radius 3 is 2.31 bits per heavy atom. The molecule has 0 spiro atoms. The van der Waals surface area contributed by atoms with Gasteiger partial charge in [-0.2, -0.15) is 9.57 Å². The second kappa shape index (κ2) is 9.01. The summed E-state index contributed by atoms with van der Waals surface area (Å²) in [7, 11) is -3.46. The summed E-state index contributed by atoms with van der Waals surface area (Å²) in [6, 6.07) is 8.69. The third-order valence-corrected chi connectivity index (χ3v) is 6.74. The fraction of sp³-hybridized carbons (Fsp3) is 0.556. The van der Waals surface area contributed by atoms with Crippen LogP contribution in [-0.2, 0) is 16.6 Å². The molecule has 0 aromatic heterocycles. The van der Waals surface area contributed by atoms with Gasteiger partial charge in [0.2, 0.25) is 10.0 Å². The van der Waals surface area contributed by atoms with E-state index in [0.717, 1.165) is 5.56 Å². The minimum atomic E-state index is -3.46. The van der Waals surface area contributed by atoms with Crippen LogP contribution in [0.25, 0.3) is 0 Å². The molecule has 1 aliphatic heterocycles. The lowest BCUT2D eigenvalue weighted by molar-refractivity contribution is 0.178. The number of carbonyl (C=O) groups excluding carboxylic acids is 1. The van der Waals surface area contributed by atoms with Crippen LogP contribution in [0.3, 0.4) is 0 Å². The van der Waals surface area contributed by atoms with Gasteiger partial charge in [0.05, 0.1) is 11.0 Å². The van der Waals surface area contributed by atoms with Crippen LogP contribution >= 0.6 is 0 Å². The van der Waals surface area contributed by atoms with Crippen LogP contribution in [0, 0.1) is 17.2 Å². The van der Waals surface area contributed by atoms with E-state index < -0.39 is 10.0 Å². The van der Waals surface area contributed by atoms with E-state index in [9.17, 15) is 13.2 Å². The SMILES string of the molecule is CCN(CC)S(=O)(=O)c1ccc(CNC(=O)N2CCC(C#N)CC2)cc1. The number of piperidine rings is 1. The molecular formula is C18H26N4O3S. The molecule has 26 heavy (non-hydrogen) atoms. The van der Waals surface area contributed by atoms with E-state index in [4.69, 9.17) is 5.26 Å². The van der Waals surface area contributed by atoms with Crippen LogP contribution in [-0.4, -0.2) is 49.8 Å². The highest BCUT2D eigenvalue weighted by molar-refractivity contribution is 7.89. The molecule has 0 radical (unpaired) electrons. The minimum absolute atomic E-state index is 0.0411. The molecule has 142 valence electrons. The highest BCUT2D eigenvalue weighted by atomic mass is 32.2. The van der Waals surface area contributed by atoms with E-state index in [-0.39, 0.29) is 16.8 Å². The molecule has 1 aromatic rings. The lowest BCUT2D eigenvalue weighted by Gasteiger charge is -2.29. The van der Waals surface area contributed by atoms with Crippen molar-refractivity contribution in [3.05, 3.63) is 29.8 Å². The van der Waals surface area contributed by atoms with Crippen molar-refractivity contribution in [1.82, 2.24) is 14.5 Å². The fourth-order valence-corrected chi connectivity index (χ4v) is 4.45. The van der Waals surface area contributed by atoms with Crippen LogP contribution in [0.15, 0.2) is 29.2 Å². The highest BCUT2D eigenvalue weighted by Gasteiger charge is 2.23. The van der Waals surface area contributed by atoms with Crippen LogP contribution < -0.4 is 5.32 Å². The molecule has 1 heterocycles. The highest BCUT2D eigenvalue weighted by Crippen LogP contribution is 2.17. The van der Waals surface area contributed by atoms with Crippen molar-refractivity contribution >= 4 is 16.1 Å². The van der Waals surface area contributed by atoms with E-state index in [1.807, 2.05) is 13.8 Å². The molecule has 1 fully saturated rings. The Kier molecular flexibility index (Phi) is 7.00. The van der Waals surface area contributed by atoms with Crippen molar-refractivity contribution in [1.29, 1.82) is 5.26 Å². The molecular weight excluding hydrogens is 352 g/mol. The van der Waals surface area contributed by atoms with E-state index in [2.05, 4.69) is 11.4 Å². The first-order valence-corrected chi connectivity index (χ1v) is 10.4. The van der Waals surface area contributed by atoms with Crippen molar-refractivity contribution in [2.45, 2.75) is 38.1 Å². The predicted molar refractivity (Wildman–Crippen MR) is 98.7 cm³/mol. The van der Waals surface area contributed by atoms with E-state index >= 15 is 0 Å². The van der Waals surface area contributed by atoms with Gasteiger partial charge in [-0.1, -0.05) is 26.0 Å². The minimum Gasteiger partial charge on any atom is -0.334 e. The number of carbonyl (C=O) groups is 1. The molecule has 0 saturated carbocycles. The number of benzene rings is 1. The summed E-state index contributed by atoms with van der Waals surface area (Å²) in [5.41, 5.74) is 0.837. The summed E-state index contributed by atoms with van der Waals surface area (Å²) >= 11 is 0. The normalized spacial score (nSPS) is 15.7. The van der Waals surface area contributed by atoms with Crippen molar-refractivity contribution < 1.29 is 13.2 Å². The second-order valence-electron chi connectivity index (χ2n) is 6.28. The van der Waals surface area contributed by atoms with Gasteiger partial charge in [-0.25, -0.2) is 13.2 Å². The number of nitriles is 1. The Morgan fingerprint density at radius 2 is 1.81 bits per heavy atom. The van der Waals surface area contributed by atoms with Crippen LogP contribution in [0.4, 0.5) is 4.79 Å². The monoisotopic (exact) mass is 378 g/mol. The lowest BCUT2D eigenvalue weighted by atomic mass is 9.99. The molecule has 1 aliphatic rings. The van der Waals surface area contributed by atoms with Gasteiger partial charge in [-0.3, -0.25) is 0 Å². The number of nitrogens with zero attached hydrogens (tertiary/aromatic N) is 3. The van der Waals surface area contributed by atoms with Gasteiger partial charge in [0.15, 0.2) is 0 Å². The Hall–Kier alpha value is -2.11. The molecule has 1 aromatic carbocycles. The summed E-state index contributed by atoms with van der Waals surface area (Å²) in [4.78, 5) is 14.2. The number of likely N-dealkylation sites (tertiary alicyclic amines) is 1. The van der Waals surface area contributed by atoms with Gasteiger partial charge in [0.1, 0.15) is 0 Å². The molecule has 7 nitrogen and oxygen atoms in total. The van der Waals surface area contributed by atoms with E-state index in [1.54, 1.807) is 29.2 Å². The largest absolute Gasteiger partial charge is 0.334 e. The Bertz CT molecular complexity index is 744. The maximum Gasteiger partial charge on any atom is 0.317 e. The molecule has 0 aliphatic carbocycles. The number of hydrogen-bond donors (Lipinski definition) is 1. The molecule has 0 bridgehead atoms. The summed E-state index contributed by atoms with van der Waals surface area (Å²) in [6.45, 7) is 5.99. The quantitative estimate of drug-likeness (QED) is 0.821. The molecule has 1 N–H and O–H groups in total. The van der Waals surface area contributed by atoms with Gasteiger partial charge in [0, 0.05) is 38.6 Å². The zero-order valence-electron chi connectivity index (χ0n) is 15.3. The van der Waals surface area contributed by atoms with Crippen LogP contribution in [0.5, 0.6) is 0 Å². The maximum absolute atomic E-state index is 12.5. The maximum atomic E-state index is 12.5. The van der Waals surface area contributed by atoms with Crippen molar-refractivity contribution in [3.63, 3.8) is 0 Å². The van der Waals surface area contributed by atoms with Crippen LogP contribution in [0.2, 0.25) is 0 Å². The van der Waals surface area contributed by atoms with Crippen molar-refractivity contribution in [3.8, 4) is 6.07 Å². The first-order chi connectivity index (χ1) is 12.4. The Labute approximate surface area is 155 Å². The smallest absolute Gasteiger partial charge is 0.317 e. The van der Waals surface area contributed by atoms with Gasteiger partial charge >= 0.3 is 6.03 Å². The lowest BCUT2D eigenvalue weighted by Crippen LogP contribution is -2.44. The first-order valence-electron chi connectivity index (χ1n) is 8.93. The van der Waals surface area contributed by atoms with Gasteiger partial charge in [0.25, 0.3) is 0 Å². The number of hydrogen-bond acceptors (Lipinski definition) is 4. The number of urea groups is 1. The molecule has 0 unspecified atom stereocenters. The van der Waals surface area contributed by atoms with Gasteiger partial charge in [-0.05, 0) is 30.5 Å². The van der Waals surface area contributed by atoms with Gasteiger partial charge < -0.3 is 10.2 Å². The molecule has 2 amide bonds. The average Bonchev–Trinajstić information content (AvgIpc) is 2.67. The van der Waals surface area contributed by atoms with Crippen LogP contribution in [0.1, 0.15) is 32.3 Å². The summed E-state index contributed by atoms with van der Waals surface area (Å²) in [5, 5.41) is 11.7. The van der Waals surface area contributed by atoms with Crippen molar-refractivity contribution in [2.75, 3.05) is 26.2 Å². The van der Waals surface area contributed by atoms with Crippen molar-refractivity contribution in [2.24, 2.45) is 5.92 Å². The van der Waals surface area contributed by atoms with E-state index in [0.29, 0.717) is 45.6 Å². The number of nitrogens with one attached hydrogen (secondary N) is 1. The molecule has 0 atom stereocenters. The third-order valence-electron chi connectivity index (χ3n) is 4.68.